The van der Waals surface area contributed by atoms with Crippen molar-refractivity contribution >= 4 is 23.2 Å². The number of piperazine rings is 1. The molecule has 1 fully saturated rings. The Kier molecular flexibility index (Phi) is 3.65. The first-order chi connectivity index (χ1) is 9.74. The van der Waals surface area contributed by atoms with Gasteiger partial charge in [0, 0.05) is 36.9 Å². The summed E-state index contributed by atoms with van der Waals surface area (Å²) < 4.78 is 4.96. The maximum atomic E-state index is 12.2. The molecule has 0 bridgehead atoms. The Labute approximate surface area is 122 Å². The predicted octanol–water partition coefficient (Wildman–Crippen LogP) is 2.90. The maximum Gasteiger partial charge on any atom is 0.257 e. The molecule has 1 saturated heterocycles. The number of furan rings is 1. The normalized spacial score (nSPS) is 15.4. The number of halogens is 1. The standard InChI is InChI=1S/C15H15ClN2O2/c16-13-1-3-14(4-2-13)17-6-8-18(9-7-17)15(19)12-5-10-20-11-12/h1-5,10-11H,6-9H2. The zero-order valence-electron chi connectivity index (χ0n) is 11.0. The lowest BCUT2D eigenvalue weighted by Gasteiger charge is -2.36. The van der Waals surface area contributed by atoms with Crippen molar-refractivity contribution in [2.75, 3.05) is 31.1 Å². The zero-order chi connectivity index (χ0) is 13.9. The summed E-state index contributed by atoms with van der Waals surface area (Å²) in [4.78, 5) is 16.3. The maximum absolute atomic E-state index is 12.2. The van der Waals surface area contributed by atoms with Gasteiger partial charge in [0.05, 0.1) is 11.8 Å². The number of rotatable bonds is 2. The van der Waals surface area contributed by atoms with Crippen LogP contribution in [0.1, 0.15) is 10.4 Å². The molecule has 0 spiro atoms. The highest BCUT2D eigenvalue weighted by atomic mass is 35.5. The highest BCUT2D eigenvalue weighted by molar-refractivity contribution is 6.30. The molecule has 0 saturated carbocycles. The summed E-state index contributed by atoms with van der Waals surface area (Å²) in [6.07, 6.45) is 3.02. The van der Waals surface area contributed by atoms with Crippen molar-refractivity contribution in [3.63, 3.8) is 0 Å². The van der Waals surface area contributed by atoms with Gasteiger partial charge in [0.1, 0.15) is 6.26 Å². The number of nitrogens with zero attached hydrogens (tertiary/aromatic N) is 2. The van der Waals surface area contributed by atoms with E-state index in [1.807, 2.05) is 29.2 Å². The van der Waals surface area contributed by atoms with Crippen molar-refractivity contribution in [2.45, 2.75) is 0 Å². The minimum absolute atomic E-state index is 0.0366. The number of hydrogen-bond acceptors (Lipinski definition) is 3. The molecule has 5 heteroatoms. The summed E-state index contributed by atoms with van der Waals surface area (Å²) in [5, 5.41) is 0.738. The van der Waals surface area contributed by atoms with Gasteiger partial charge in [-0.05, 0) is 30.3 Å². The van der Waals surface area contributed by atoms with Crippen LogP contribution in [0.15, 0.2) is 47.3 Å². The lowest BCUT2D eigenvalue weighted by atomic mass is 10.2. The van der Waals surface area contributed by atoms with Gasteiger partial charge in [0.25, 0.3) is 5.91 Å². The largest absolute Gasteiger partial charge is 0.472 e. The van der Waals surface area contributed by atoms with Crippen LogP contribution in [0.5, 0.6) is 0 Å². The van der Waals surface area contributed by atoms with Gasteiger partial charge >= 0.3 is 0 Å². The van der Waals surface area contributed by atoms with Crippen LogP contribution in [-0.2, 0) is 0 Å². The summed E-state index contributed by atoms with van der Waals surface area (Å²) >= 11 is 5.89. The molecule has 0 atom stereocenters. The van der Waals surface area contributed by atoms with Gasteiger partial charge in [0.15, 0.2) is 0 Å². The molecule has 3 rings (SSSR count). The molecular weight excluding hydrogens is 276 g/mol. The molecule has 1 aliphatic heterocycles. The third-order valence-corrected chi connectivity index (χ3v) is 3.78. The first-order valence-corrected chi connectivity index (χ1v) is 6.94. The lowest BCUT2D eigenvalue weighted by Crippen LogP contribution is -2.48. The number of hydrogen-bond donors (Lipinski definition) is 0. The molecule has 0 N–H and O–H groups in total. The van der Waals surface area contributed by atoms with Crippen molar-refractivity contribution in [3.8, 4) is 0 Å². The smallest absolute Gasteiger partial charge is 0.257 e. The van der Waals surface area contributed by atoms with E-state index in [4.69, 9.17) is 16.0 Å². The Morgan fingerprint density at radius 3 is 2.35 bits per heavy atom. The molecule has 2 aromatic rings. The van der Waals surface area contributed by atoms with Crippen molar-refractivity contribution in [1.29, 1.82) is 0 Å². The van der Waals surface area contributed by atoms with E-state index in [1.54, 1.807) is 6.07 Å². The van der Waals surface area contributed by atoms with Crippen molar-refractivity contribution in [3.05, 3.63) is 53.4 Å². The second kappa shape index (κ2) is 5.59. The first kappa shape index (κ1) is 13.1. The van der Waals surface area contributed by atoms with Gasteiger partial charge in [-0.25, -0.2) is 0 Å². The second-order valence-corrected chi connectivity index (χ2v) is 5.20. The van der Waals surface area contributed by atoms with Gasteiger partial charge < -0.3 is 14.2 Å². The topological polar surface area (TPSA) is 36.7 Å². The van der Waals surface area contributed by atoms with Crippen molar-refractivity contribution in [2.24, 2.45) is 0 Å². The predicted molar refractivity (Wildman–Crippen MR) is 78.3 cm³/mol. The molecule has 0 radical (unpaired) electrons. The number of amides is 1. The van der Waals surface area contributed by atoms with Crippen LogP contribution < -0.4 is 4.90 Å². The Bertz CT molecular complexity index is 572. The minimum atomic E-state index is 0.0366. The van der Waals surface area contributed by atoms with Crippen LogP contribution in [0.25, 0.3) is 0 Å². The van der Waals surface area contributed by atoms with Gasteiger partial charge in [0.2, 0.25) is 0 Å². The molecule has 4 nitrogen and oxygen atoms in total. The Balaban J connectivity index is 1.62. The van der Waals surface area contributed by atoms with Gasteiger partial charge in [-0.3, -0.25) is 4.79 Å². The molecule has 20 heavy (non-hydrogen) atoms. The Morgan fingerprint density at radius 2 is 1.75 bits per heavy atom. The van der Waals surface area contributed by atoms with E-state index in [0.717, 1.165) is 23.8 Å². The summed E-state index contributed by atoms with van der Waals surface area (Å²) in [5.74, 6) is 0.0366. The van der Waals surface area contributed by atoms with Crippen LogP contribution in [0, 0.1) is 0 Å². The van der Waals surface area contributed by atoms with Gasteiger partial charge in [-0.2, -0.15) is 0 Å². The molecule has 0 aliphatic carbocycles. The third kappa shape index (κ3) is 2.65. The van der Waals surface area contributed by atoms with Crippen molar-refractivity contribution < 1.29 is 9.21 Å². The Hall–Kier alpha value is -1.94. The van der Waals surface area contributed by atoms with Crippen molar-refractivity contribution in [1.82, 2.24) is 4.90 Å². The number of anilines is 1. The highest BCUT2D eigenvalue weighted by Gasteiger charge is 2.22. The molecule has 2 heterocycles. The van der Waals surface area contributed by atoms with Crippen LogP contribution in [0.2, 0.25) is 5.02 Å². The SMILES string of the molecule is O=C(c1ccoc1)N1CCN(c2ccc(Cl)cc2)CC1. The number of carbonyl (C=O) groups excluding carboxylic acids is 1. The average molecular weight is 291 g/mol. The average Bonchev–Trinajstić information content (AvgIpc) is 3.02. The van der Waals surface area contributed by atoms with E-state index in [2.05, 4.69) is 4.90 Å². The van der Waals surface area contributed by atoms with E-state index in [9.17, 15) is 4.79 Å². The molecular formula is C15H15ClN2O2. The molecule has 0 unspecified atom stereocenters. The van der Waals surface area contributed by atoms with Crippen LogP contribution in [0.3, 0.4) is 0 Å². The van der Waals surface area contributed by atoms with E-state index in [1.165, 1.54) is 12.5 Å². The molecule has 104 valence electrons. The summed E-state index contributed by atoms with van der Waals surface area (Å²) in [5.41, 5.74) is 1.76. The fourth-order valence-electron chi connectivity index (χ4n) is 2.39. The zero-order valence-corrected chi connectivity index (χ0v) is 11.7. The minimum Gasteiger partial charge on any atom is -0.472 e. The van der Waals surface area contributed by atoms with Crippen LogP contribution in [-0.4, -0.2) is 37.0 Å². The van der Waals surface area contributed by atoms with E-state index in [0.29, 0.717) is 18.7 Å². The quantitative estimate of drug-likeness (QED) is 0.853. The number of carbonyl (C=O) groups is 1. The van der Waals surface area contributed by atoms with Crippen LogP contribution >= 0.6 is 11.6 Å². The summed E-state index contributed by atoms with van der Waals surface area (Å²) in [7, 11) is 0. The first-order valence-electron chi connectivity index (χ1n) is 6.56. The Morgan fingerprint density at radius 1 is 1.05 bits per heavy atom. The fraction of sp³-hybridized carbons (Fsp3) is 0.267. The molecule has 1 aliphatic rings. The van der Waals surface area contributed by atoms with Gasteiger partial charge in [-0.1, -0.05) is 11.6 Å². The molecule has 1 aromatic carbocycles. The molecule has 1 aromatic heterocycles. The fourth-order valence-corrected chi connectivity index (χ4v) is 2.51. The number of benzene rings is 1. The van der Waals surface area contributed by atoms with E-state index >= 15 is 0 Å². The second-order valence-electron chi connectivity index (χ2n) is 4.77. The summed E-state index contributed by atoms with van der Waals surface area (Å²) in [6.45, 7) is 3.08. The highest BCUT2D eigenvalue weighted by Crippen LogP contribution is 2.20. The lowest BCUT2D eigenvalue weighted by molar-refractivity contribution is 0.0746. The monoisotopic (exact) mass is 290 g/mol. The van der Waals surface area contributed by atoms with Crippen LogP contribution in [0.4, 0.5) is 5.69 Å². The van der Waals surface area contributed by atoms with E-state index in [-0.39, 0.29) is 5.91 Å². The molecule has 1 amide bonds. The summed E-state index contributed by atoms with van der Waals surface area (Å²) in [6, 6.07) is 9.50. The third-order valence-electron chi connectivity index (χ3n) is 3.53. The van der Waals surface area contributed by atoms with Gasteiger partial charge in [-0.15, -0.1) is 0 Å². The van der Waals surface area contributed by atoms with E-state index < -0.39 is 0 Å².